The highest BCUT2D eigenvalue weighted by molar-refractivity contribution is 5.95. The normalized spacial score (nSPS) is 17.8. The van der Waals surface area contributed by atoms with E-state index in [1.807, 2.05) is 49.8 Å². The number of aromatic amines is 1. The molecular formula is C22H23N5O2. The number of rotatable bonds is 5. The molecule has 4 aromatic rings. The predicted octanol–water partition coefficient (Wildman–Crippen LogP) is 3.65. The number of ketones is 1. The summed E-state index contributed by atoms with van der Waals surface area (Å²) in [6, 6.07) is 10.0. The Labute approximate surface area is 168 Å². The minimum atomic E-state index is -0.0219. The first-order chi connectivity index (χ1) is 14.2. The zero-order valence-electron chi connectivity index (χ0n) is 16.3. The number of aryl methyl sites for hydroxylation is 1. The molecular weight excluding hydrogens is 366 g/mol. The Balaban J connectivity index is 1.34. The van der Waals surface area contributed by atoms with E-state index in [0.717, 1.165) is 60.5 Å². The smallest absolute Gasteiger partial charge is 0.202 e. The average molecular weight is 389 g/mol. The third kappa shape index (κ3) is 3.38. The molecule has 148 valence electrons. The number of piperidine rings is 1. The van der Waals surface area contributed by atoms with Crippen LogP contribution in [0.15, 0.2) is 53.3 Å². The fourth-order valence-corrected chi connectivity index (χ4v) is 4.19. The van der Waals surface area contributed by atoms with Crippen molar-refractivity contribution in [3.05, 3.63) is 60.3 Å². The van der Waals surface area contributed by atoms with Crippen molar-refractivity contribution in [2.24, 2.45) is 13.0 Å². The van der Waals surface area contributed by atoms with Crippen molar-refractivity contribution in [2.45, 2.75) is 19.4 Å². The molecule has 1 N–H and O–H groups in total. The highest BCUT2D eigenvalue weighted by atomic mass is 16.3. The molecule has 1 unspecified atom stereocenters. The van der Waals surface area contributed by atoms with Gasteiger partial charge in [0.25, 0.3) is 0 Å². The van der Waals surface area contributed by atoms with Gasteiger partial charge in [0.15, 0.2) is 11.6 Å². The average Bonchev–Trinajstić information content (AvgIpc) is 3.46. The second-order valence-corrected chi connectivity index (χ2v) is 7.72. The fraction of sp³-hybridized carbons (Fsp3) is 0.318. The van der Waals surface area contributed by atoms with Crippen LogP contribution in [0.2, 0.25) is 0 Å². The zero-order valence-corrected chi connectivity index (χ0v) is 16.3. The van der Waals surface area contributed by atoms with Crippen LogP contribution in [-0.2, 0) is 13.6 Å². The molecule has 3 aromatic heterocycles. The highest BCUT2D eigenvalue weighted by Crippen LogP contribution is 2.30. The van der Waals surface area contributed by atoms with Gasteiger partial charge in [0, 0.05) is 49.4 Å². The van der Waals surface area contributed by atoms with Crippen molar-refractivity contribution in [1.29, 1.82) is 0 Å². The van der Waals surface area contributed by atoms with Crippen LogP contribution < -0.4 is 0 Å². The summed E-state index contributed by atoms with van der Waals surface area (Å²) in [4.78, 5) is 19.4. The topological polar surface area (TPSA) is 80.0 Å². The van der Waals surface area contributed by atoms with Gasteiger partial charge in [-0.25, -0.2) is 4.98 Å². The third-order valence-electron chi connectivity index (χ3n) is 5.70. The molecule has 0 bridgehead atoms. The van der Waals surface area contributed by atoms with E-state index in [2.05, 4.69) is 20.1 Å². The van der Waals surface area contributed by atoms with Crippen LogP contribution in [0.25, 0.3) is 22.4 Å². The second kappa shape index (κ2) is 7.33. The molecule has 7 heteroatoms. The summed E-state index contributed by atoms with van der Waals surface area (Å²) in [5, 5.41) is 8.41. The van der Waals surface area contributed by atoms with Crippen molar-refractivity contribution in [3.63, 3.8) is 0 Å². The number of nitrogens with one attached hydrogen (secondary N) is 1. The summed E-state index contributed by atoms with van der Waals surface area (Å²) in [6.07, 6.45) is 7.26. The minimum Gasteiger partial charge on any atom is -0.454 e. The lowest BCUT2D eigenvalue weighted by molar-refractivity contribution is 0.0798. The van der Waals surface area contributed by atoms with E-state index < -0.39 is 0 Å². The molecule has 0 radical (unpaired) electrons. The molecule has 1 saturated heterocycles. The van der Waals surface area contributed by atoms with Crippen molar-refractivity contribution in [2.75, 3.05) is 13.1 Å². The van der Waals surface area contributed by atoms with Crippen LogP contribution in [-0.4, -0.2) is 43.5 Å². The standard InChI is InChI=1S/C22H23N5O2/c1-26-10-8-23-22(26)21(28)16-6-4-9-27(13-16)14-17-12-24-25-20(17)19-11-15-5-2-3-7-18(15)29-19/h2-3,5,7-8,10-12,16H,4,6,9,13-14H2,1H3,(H,24,25). The lowest BCUT2D eigenvalue weighted by Gasteiger charge is -2.31. The second-order valence-electron chi connectivity index (χ2n) is 7.72. The Kier molecular flexibility index (Phi) is 4.52. The number of para-hydroxylation sites is 1. The van der Waals surface area contributed by atoms with Gasteiger partial charge in [-0.15, -0.1) is 0 Å². The van der Waals surface area contributed by atoms with Gasteiger partial charge in [-0.3, -0.25) is 14.8 Å². The number of hydrogen-bond acceptors (Lipinski definition) is 5. The number of nitrogens with zero attached hydrogens (tertiary/aromatic N) is 4. The quantitative estimate of drug-likeness (QED) is 0.527. The molecule has 4 heterocycles. The number of furan rings is 1. The molecule has 29 heavy (non-hydrogen) atoms. The number of carbonyl (C=O) groups excluding carboxylic acids is 1. The number of aromatic nitrogens is 4. The van der Waals surface area contributed by atoms with Crippen LogP contribution >= 0.6 is 0 Å². The molecule has 1 aliphatic heterocycles. The molecule has 7 nitrogen and oxygen atoms in total. The van der Waals surface area contributed by atoms with E-state index in [9.17, 15) is 4.79 Å². The zero-order chi connectivity index (χ0) is 19.8. The Morgan fingerprint density at radius 1 is 1.34 bits per heavy atom. The lowest BCUT2D eigenvalue weighted by Crippen LogP contribution is -2.38. The maximum absolute atomic E-state index is 12.9. The molecule has 0 spiro atoms. The number of carbonyl (C=O) groups is 1. The van der Waals surface area contributed by atoms with E-state index in [1.165, 1.54) is 0 Å². The number of imidazole rings is 1. The van der Waals surface area contributed by atoms with Crippen molar-refractivity contribution >= 4 is 16.8 Å². The molecule has 5 rings (SSSR count). The highest BCUT2D eigenvalue weighted by Gasteiger charge is 2.29. The summed E-state index contributed by atoms with van der Waals surface area (Å²) in [7, 11) is 1.87. The Morgan fingerprint density at radius 3 is 3.07 bits per heavy atom. The van der Waals surface area contributed by atoms with Gasteiger partial charge in [-0.1, -0.05) is 18.2 Å². The minimum absolute atomic E-state index is 0.0219. The summed E-state index contributed by atoms with van der Waals surface area (Å²) < 4.78 is 7.81. The third-order valence-corrected chi connectivity index (χ3v) is 5.70. The number of H-pyrrole nitrogens is 1. The Morgan fingerprint density at radius 2 is 2.24 bits per heavy atom. The van der Waals surface area contributed by atoms with Gasteiger partial charge in [-0.2, -0.15) is 5.10 Å². The molecule has 1 aromatic carbocycles. The summed E-state index contributed by atoms with van der Waals surface area (Å²) in [5.74, 6) is 1.44. The maximum Gasteiger partial charge on any atom is 0.202 e. The molecule has 1 aliphatic rings. The van der Waals surface area contributed by atoms with Gasteiger partial charge in [0.1, 0.15) is 11.3 Å². The molecule has 0 aliphatic carbocycles. The lowest BCUT2D eigenvalue weighted by atomic mass is 9.93. The van der Waals surface area contributed by atoms with Crippen LogP contribution in [0.3, 0.4) is 0 Å². The first-order valence-electron chi connectivity index (χ1n) is 9.94. The van der Waals surface area contributed by atoms with E-state index in [0.29, 0.717) is 5.82 Å². The predicted molar refractivity (Wildman–Crippen MR) is 109 cm³/mol. The summed E-state index contributed by atoms with van der Waals surface area (Å²) in [5.41, 5.74) is 2.84. The van der Waals surface area contributed by atoms with Gasteiger partial charge in [0.05, 0.1) is 6.20 Å². The number of fused-ring (bicyclic) bond motifs is 1. The maximum atomic E-state index is 12.9. The van der Waals surface area contributed by atoms with E-state index >= 15 is 0 Å². The van der Waals surface area contributed by atoms with E-state index in [1.54, 1.807) is 10.8 Å². The number of likely N-dealkylation sites (tertiary alicyclic amines) is 1. The van der Waals surface area contributed by atoms with Crippen molar-refractivity contribution < 1.29 is 9.21 Å². The molecule has 0 saturated carbocycles. The Bertz CT molecular complexity index is 1120. The van der Waals surface area contributed by atoms with Crippen molar-refractivity contribution in [1.82, 2.24) is 24.6 Å². The van der Waals surface area contributed by atoms with Crippen LogP contribution in [0.4, 0.5) is 0 Å². The first kappa shape index (κ1) is 17.9. The fourth-order valence-electron chi connectivity index (χ4n) is 4.19. The van der Waals surface area contributed by atoms with Gasteiger partial charge < -0.3 is 8.98 Å². The summed E-state index contributed by atoms with van der Waals surface area (Å²) >= 11 is 0. The monoisotopic (exact) mass is 389 g/mol. The number of Topliss-reactive ketones (excluding diaryl/α,β-unsaturated/α-hetero) is 1. The molecule has 1 fully saturated rings. The molecule has 0 amide bonds. The van der Waals surface area contributed by atoms with Crippen LogP contribution in [0, 0.1) is 5.92 Å². The number of hydrogen-bond donors (Lipinski definition) is 1. The van der Waals surface area contributed by atoms with Crippen molar-refractivity contribution in [3.8, 4) is 11.5 Å². The van der Waals surface area contributed by atoms with E-state index in [4.69, 9.17) is 4.42 Å². The van der Waals surface area contributed by atoms with Crippen LogP contribution in [0.5, 0.6) is 0 Å². The van der Waals surface area contributed by atoms with Gasteiger partial charge in [0.2, 0.25) is 5.78 Å². The van der Waals surface area contributed by atoms with E-state index in [-0.39, 0.29) is 11.7 Å². The largest absolute Gasteiger partial charge is 0.454 e. The van der Waals surface area contributed by atoms with Gasteiger partial charge >= 0.3 is 0 Å². The summed E-state index contributed by atoms with van der Waals surface area (Å²) in [6.45, 7) is 2.43. The Hall–Kier alpha value is -3.19. The van der Waals surface area contributed by atoms with Crippen LogP contribution in [0.1, 0.15) is 29.0 Å². The number of benzene rings is 1. The first-order valence-corrected chi connectivity index (χ1v) is 9.94. The van der Waals surface area contributed by atoms with Gasteiger partial charge in [-0.05, 0) is 31.5 Å². The SMILES string of the molecule is Cn1ccnc1C(=O)C1CCCN(Cc2cn[nH]c2-c2cc3ccccc3o2)C1. The molecule has 1 atom stereocenters.